The van der Waals surface area contributed by atoms with Gasteiger partial charge in [0.2, 0.25) is 0 Å². The zero-order valence-electron chi connectivity index (χ0n) is 12.4. The van der Waals surface area contributed by atoms with Crippen molar-refractivity contribution in [3.8, 4) is 0 Å². The molecule has 0 aliphatic carbocycles. The van der Waals surface area contributed by atoms with Gasteiger partial charge in [-0.3, -0.25) is 14.8 Å². The molecule has 1 aromatic rings. The highest BCUT2D eigenvalue weighted by Gasteiger charge is 2.32. The minimum absolute atomic E-state index is 0. The second kappa shape index (κ2) is 9.14. The normalized spacial score (nSPS) is 12.6. The van der Waals surface area contributed by atoms with Gasteiger partial charge in [0, 0.05) is 5.56 Å². The van der Waals surface area contributed by atoms with Crippen LogP contribution >= 0.6 is 0 Å². The van der Waals surface area contributed by atoms with E-state index in [2.05, 4.69) is 6.58 Å². The highest BCUT2D eigenvalue weighted by molar-refractivity contribution is 5.98. The number of amides is 2. The van der Waals surface area contributed by atoms with E-state index < -0.39 is 64.8 Å². The fourth-order valence-corrected chi connectivity index (χ4v) is 1.89. The molecule has 0 aliphatic heterocycles. The lowest BCUT2D eigenvalue weighted by molar-refractivity contribution is -0.133. The number of hydroxylamine groups is 1. The van der Waals surface area contributed by atoms with Gasteiger partial charge in [0.05, 0.1) is 6.10 Å². The lowest BCUT2D eigenvalue weighted by atomic mass is 10.0. The maximum absolute atomic E-state index is 13.9. The fraction of sp³-hybridized carbons (Fsp3) is 0.333. The molecule has 2 atom stereocenters. The summed E-state index contributed by atoms with van der Waals surface area (Å²) in [5, 5.41) is 19.5. The largest absolute Gasteiger partial charge is 0.391 e. The van der Waals surface area contributed by atoms with E-state index in [1.165, 1.54) is 0 Å². The molecule has 1 aromatic carbocycles. The summed E-state index contributed by atoms with van der Waals surface area (Å²) in [6, 6.07) is -1.82. The summed E-state index contributed by atoms with van der Waals surface area (Å²) in [6.07, 6.45) is -1.09. The molecule has 0 aliphatic rings. The van der Waals surface area contributed by atoms with Crippen LogP contribution in [-0.4, -0.2) is 34.3 Å². The maximum Gasteiger partial charge on any atom is 0.268 e. The Morgan fingerprint density at radius 3 is 2.00 bits per heavy atom. The topological polar surface area (TPSA) is 98.7 Å². The number of hydrogen-bond donors (Lipinski definition) is 4. The van der Waals surface area contributed by atoms with Crippen LogP contribution in [0.25, 0.3) is 0 Å². The number of aliphatic hydroxyl groups excluding tert-OH is 1. The standard InChI is InChI=1S/C14H14F4N2O4.CH4/c1-3-4-6-8(15)10(17)7(11(18)9(6)16)13(22)19-12(5(2)21)14(23)20-24;/h3,5,12,21,24H,1,4H2,2H3,(H,19,22)(H,20,23);1H4/t5-,12+;/m1./s1. The van der Waals surface area contributed by atoms with E-state index in [4.69, 9.17) is 5.21 Å². The Bertz CT molecular complexity index is 651. The third-order valence-electron chi connectivity index (χ3n) is 3.09. The number of hydrogen-bond acceptors (Lipinski definition) is 4. The van der Waals surface area contributed by atoms with Gasteiger partial charge < -0.3 is 10.4 Å². The highest BCUT2D eigenvalue weighted by Crippen LogP contribution is 2.25. The van der Waals surface area contributed by atoms with E-state index in [1.54, 1.807) is 5.32 Å². The summed E-state index contributed by atoms with van der Waals surface area (Å²) in [4.78, 5) is 23.2. The van der Waals surface area contributed by atoms with Gasteiger partial charge in [-0.15, -0.1) is 6.58 Å². The molecule has 140 valence electrons. The average molecular weight is 366 g/mol. The van der Waals surface area contributed by atoms with Gasteiger partial charge in [-0.25, -0.2) is 23.0 Å². The van der Waals surface area contributed by atoms with Crippen molar-refractivity contribution in [1.82, 2.24) is 10.8 Å². The van der Waals surface area contributed by atoms with Gasteiger partial charge in [-0.1, -0.05) is 13.5 Å². The molecule has 0 heterocycles. The van der Waals surface area contributed by atoms with Crippen molar-refractivity contribution in [1.29, 1.82) is 0 Å². The first kappa shape index (κ1) is 22.5. The van der Waals surface area contributed by atoms with E-state index in [0.717, 1.165) is 18.5 Å². The molecule has 0 saturated heterocycles. The molecule has 1 rings (SSSR count). The average Bonchev–Trinajstić information content (AvgIpc) is 2.54. The lowest BCUT2D eigenvalue weighted by Crippen LogP contribution is -2.52. The van der Waals surface area contributed by atoms with Gasteiger partial charge in [-0.2, -0.15) is 0 Å². The van der Waals surface area contributed by atoms with Crippen molar-refractivity contribution in [2.24, 2.45) is 0 Å². The Morgan fingerprint density at radius 1 is 1.16 bits per heavy atom. The Labute approximate surface area is 141 Å². The van der Waals surface area contributed by atoms with Crippen LogP contribution < -0.4 is 10.8 Å². The number of halogens is 4. The molecule has 0 fully saturated rings. The van der Waals surface area contributed by atoms with Crippen LogP contribution in [0.15, 0.2) is 12.7 Å². The van der Waals surface area contributed by atoms with Crippen molar-refractivity contribution in [2.75, 3.05) is 0 Å². The predicted octanol–water partition coefficient (Wildman–Crippen LogP) is 1.59. The van der Waals surface area contributed by atoms with Gasteiger partial charge in [-0.05, 0) is 13.3 Å². The number of carbonyl (C=O) groups excluding carboxylic acids is 2. The van der Waals surface area contributed by atoms with Crippen molar-refractivity contribution in [3.63, 3.8) is 0 Å². The lowest BCUT2D eigenvalue weighted by Gasteiger charge is -2.20. The molecule has 0 radical (unpaired) electrons. The van der Waals surface area contributed by atoms with Gasteiger partial charge >= 0.3 is 0 Å². The molecule has 4 N–H and O–H groups in total. The summed E-state index contributed by atoms with van der Waals surface area (Å²) in [5.41, 5.74) is -1.43. The van der Waals surface area contributed by atoms with Gasteiger partial charge in [0.1, 0.15) is 11.6 Å². The third-order valence-corrected chi connectivity index (χ3v) is 3.09. The van der Waals surface area contributed by atoms with Crippen LogP contribution in [0.4, 0.5) is 17.6 Å². The summed E-state index contributed by atoms with van der Waals surface area (Å²) < 4.78 is 55.4. The summed E-state index contributed by atoms with van der Waals surface area (Å²) in [6.45, 7) is 4.22. The van der Waals surface area contributed by atoms with Crippen LogP contribution in [0.5, 0.6) is 0 Å². The predicted molar refractivity (Wildman–Crippen MR) is 79.8 cm³/mol. The minimum atomic E-state index is -1.96. The smallest absolute Gasteiger partial charge is 0.268 e. The van der Waals surface area contributed by atoms with Crippen molar-refractivity contribution >= 4 is 11.8 Å². The second-order valence-corrected chi connectivity index (χ2v) is 4.77. The van der Waals surface area contributed by atoms with Crippen LogP contribution in [0.2, 0.25) is 0 Å². The molecule has 0 spiro atoms. The molecule has 0 unspecified atom stereocenters. The van der Waals surface area contributed by atoms with Crippen molar-refractivity contribution in [3.05, 3.63) is 47.1 Å². The van der Waals surface area contributed by atoms with E-state index in [9.17, 15) is 32.3 Å². The molecule has 0 aromatic heterocycles. The van der Waals surface area contributed by atoms with Crippen LogP contribution in [-0.2, 0) is 11.2 Å². The molecule has 25 heavy (non-hydrogen) atoms. The summed E-state index contributed by atoms with van der Waals surface area (Å²) in [5.74, 6) is -10.5. The molecular formula is C15H18F4N2O4. The number of allylic oxidation sites excluding steroid dienone is 1. The van der Waals surface area contributed by atoms with Crippen LogP contribution in [0, 0.1) is 23.3 Å². The van der Waals surface area contributed by atoms with Gasteiger partial charge in [0.25, 0.3) is 11.8 Å². The van der Waals surface area contributed by atoms with Crippen molar-refractivity contribution in [2.45, 2.75) is 32.9 Å². The van der Waals surface area contributed by atoms with Gasteiger partial charge in [0.15, 0.2) is 23.3 Å². The number of benzene rings is 1. The Hall–Kier alpha value is -2.46. The quantitative estimate of drug-likeness (QED) is 0.202. The van der Waals surface area contributed by atoms with Crippen LogP contribution in [0.3, 0.4) is 0 Å². The van der Waals surface area contributed by atoms with E-state index in [1.807, 2.05) is 0 Å². The first-order valence-corrected chi connectivity index (χ1v) is 6.55. The van der Waals surface area contributed by atoms with Crippen LogP contribution in [0.1, 0.15) is 30.3 Å². The Morgan fingerprint density at radius 2 is 1.64 bits per heavy atom. The Kier molecular flexibility index (Phi) is 8.24. The zero-order chi connectivity index (χ0) is 18.6. The monoisotopic (exact) mass is 366 g/mol. The first-order valence-electron chi connectivity index (χ1n) is 6.55. The first-order chi connectivity index (χ1) is 11.2. The molecule has 10 heteroatoms. The molecule has 6 nitrogen and oxygen atoms in total. The number of aliphatic hydroxyl groups is 1. The highest BCUT2D eigenvalue weighted by atomic mass is 19.2. The Balaban J connectivity index is 0.00000576. The molecule has 2 amide bonds. The third kappa shape index (κ3) is 4.54. The zero-order valence-corrected chi connectivity index (χ0v) is 12.4. The van der Waals surface area contributed by atoms with Crippen molar-refractivity contribution < 1.29 is 37.5 Å². The number of rotatable bonds is 6. The fourth-order valence-electron chi connectivity index (χ4n) is 1.89. The maximum atomic E-state index is 13.9. The van der Waals surface area contributed by atoms with E-state index in [-0.39, 0.29) is 7.43 Å². The number of nitrogens with one attached hydrogen (secondary N) is 2. The summed E-state index contributed by atoms with van der Waals surface area (Å²) >= 11 is 0. The minimum Gasteiger partial charge on any atom is -0.391 e. The number of carbonyl (C=O) groups is 2. The second-order valence-electron chi connectivity index (χ2n) is 4.77. The molecular weight excluding hydrogens is 348 g/mol. The molecule has 0 bridgehead atoms. The molecule has 0 saturated carbocycles. The van der Waals surface area contributed by atoms with E-state index >= 15 is 0 Å². The SMILES string of the molecule is C.C=CCc1c(F)c(F)c(C(=O)N[C@H](C(=O)NO)[C@@H](C)O)c(F)c1F. The summed E-state index contributed by atoms with van der Waals surface area (Å²) in [7, 11) is 0. The van der Waals surface area contributed by atoms with E-state index in [0.29, 0.717) is 0 Å².